The third-order valence-electron chi connectivity index (χ3n) is 6.49. The van der Waals surface area contributed by atoms with E-state index in [0.29, 0.717) is 36.2 Å². The first-order chi connectivity index (χ1) is 16.9. The maximum atomic E-state index is 14.0. The lowest BCUT2D eigenvalue weighted by Crippen LogP contribution is -2.38. The predicted octanol–water partition coefficient (Wildman–Crippen LogP) is 3.68. The summed E-state index contributed by atoms with van der Waals surface area (Å²) in [5.74, 6) is -0.916. The van der Waals surface area contributed by atoms with Crippen molar-refractivity contribution in [2.45, 2.75) is 12.5 Å². The molecular formula is C25H24BrFN2O6. The molecule has 2 aliphatic rings. The molecule has 0 saturated carbocycles. The van der Waals surface area contributed by atoms with Gasteiger partial charge in [-0.1, -0.05) is 0 Å². The van der Waals surface area contributed by atoms with Crippen LogP contribution < -0.4 is 10.2 Å². The van der Waals surface area contributed by atoms with Crippen LogP contribution in [-0.4, -0.2) is 67.3 Å². The molecule has 10 heteroatoms. The molecule has 0 radical (unpaired) electrons. The first-order valence-electron chi connectivity index (χ1n) is 11.3. The number of nitrogens with zero attached hydrogens (tertiary/aromatic N) is 2. The van der Waals surface area contributed by atoms with Crippen LogP contribution in [0.5, 0.6) is 11.5 Å². The number of amides is 1. The van der Waals surface area contributed by atoms with Gasteiger partial charge in [0.2, 0.25) is 5.76 Å². The monoisotopic (exact) mass is 546 g/mol. The van der Waals surface area contributed by atoms with E-state index < -0.39 is 23.2 Å². The van der Waals surface area contributed by atoms with E-state index in [1.54, 1.807) is 17.0 Å². The van der Waals surface area contributed by atoms with Gasteiger partial charge in [0.1, 0.15) is 11.4 Å². The lowest BCUT2D eigenvalue weighted by Gasteiger charge is -2.29. The summed E-state index contributed by atoms with van der Waals surface area (Å²) < 4.78 is 30.9. The molecule has 8 nitrogen and oxygen atoms in total. The summed E-state index contributed by atoms with van der Waals surface area (Å²) in [5, 5.41) is 10.4. The summed E-state index contributed by atoms with van der Waals surface area (Å²) in [4.78, 5) is 31.0. The van der Waals surface area contributed by atoms with E-state index in [-0.39, 0.29) is 33.8 Å². The SMILES string of the molecule is COc1cc(C2c3c(oc4ccc(F)cc4c3=O)C(=O)N2CCCN2CCOCC2)cc(Br)c1O. The Morgan fingerprint density at radius 1 is 1.17 bits per heavy atom. The number of phenols is 1. The summed E-state index contributed by atoms with van der Waals surface area (Å²) >= 11 is 3.33. The number of fused-ring (bicyclic) bond motifs is 2. The van der Waals surface area contributed by atoms with Gasteiger partial charge in [0.15, 0.2) is 16.9 Å². The maximum Gasteiger partial charge on any atom is 0.290 e. The molecule has 3 aromatic rings. The van der Waals surface area contributed by atoms with Crippen molar-refractivity contribution >= 4 is 32.8 Å². The number of ether oxygens (including phenoxy) is 2. The fourth-order valence-electron chi connectivity index (χ4n) is 4.77. The van der Waals surface area contributed by atoms with Crippen molar-refractivity contribution < 1.29 is 28.2 Å². The van der Waals surface area contributed by atoms with Crippen LogP contribution in [0.4, 0.5) is 4.39 Å². The van der Waals surface area contributed by atoms with Crippen LogP contribution in [-0.2, 0) is 4.74 Å². The van der Waals surface area contributed by atoms with E-state index in [1.807, 2.05) is 0 Å². The molecule has 0 spiro atoms. The zero-order valence-corrected chi connectivity index (χ0v) is 20.6. The first-order valence-corrected chi connectivity index (χ1v) is 12.1. The van der Waals surface area contributed by atoms with Crippen molar-refractivity contribution in [3.05, 3.63) is 67.7 Å². The Bertz CT molecular complexity index is 1350. The lowest BCUT2D eigenvalue weighted by molar-refractivity contribution is 0.0353. The molecule has 5 rings (SSSR count). The number of hydrogen-bond acceptors (Lipinski definition) is 7. The fraction of sp³-hybridized carbons (Fsp3) is 0.360. The zero-order valence-electron chi connectivity index (χ0n) is 19.1. The average Bonchev–Trinajstić information content (AvgIpc) is 3.14. The van der Waals surface area contributed by atoms with Crippen LogP contribution in [0.2, 0.25) is 0 Å². The van der Waals surface area contributed by atoms with E-state index in [0.717, 1.165) is 25.7 Å². The van der Waals surface area contributed by atoms with Gasteiger partial charge in [-0.2, -0.15) is 0 Å². The molecule has 3 heterocycles. The number of methoxy groups -OCH3 is 1. The van der Waals surface area contributed by atoms with E-state index in [2.05, 4.69) is 20.8 Å². The number of halogens is 2. The third kappa shape index (κ3) is 4.30. The highest BCUT2D eigenvalue weighted by molar-refractivity contribution is 9.10. The number of hydrogen-bond donors (Lipinski definition) is 1. The molecule has 184 valence electrons. The zero-order chi connectivity index (χ0) is 24.7. The van der Waals surface area contributed by atoms with Crippen LogP contribution in [0, 0.1) is 5.82 Å². The highest BCUT2D eigenvalue weighted by Gasteiger charge is 2.43. The lowest BCUT2D eigenvalue weighted by atomic mass is 9.98. The minimum atomic E-state index is -0.781. The number of benzene rings is 2. The molecule has 1 aromatic heterocycles. The molecule has 2 aromatic carbocycles. The van der Waals surface area contributed by atoms with E-state index in [1.165, 1.54) is 19.2 Å². The Hall–Kier alpha value is -2.95. The van der Waals surface area contributed by atoms with Gasteiger partial charge in [-0.15, -0.1) is 0 Å². The normalized spacial score (nSPS) is 18.3. The van der Waals surface area contributed by atoms with E-state index >= 15 is 0 Å². The van der Waals surface area contributed by atoms with Crippen LogP contribution in [0.1, 0.15) is 34.1 Å². The minimum Gasteiger partial charge on any atom is -0.503 e. The Morgan fingerprint density at radius 2 is 1.94 bits per heavy atom. The van der Waals surface area contributed by atoms with Crippen molar-refractivity contribution in [3.63, 3.8) is 0 Å². The van der Waals surface area contributed by atoms with Gasteiger partial charge in [-0.3, -0.25) is 14.5 Å². The van der Waals surface area contributed by atoms with E-state index in [9.17, 15) is 19.1 Å². The molecule has 1 atom stereocenters. The smallest absolute Gasteiger partial charge is 0.290 e. The number of rotatable bonds is 6. The van der Waals surface area contributed by atoms with Gasteiger partial charge in [-0.25, -0.2) is 4.39 Å². The topological polar surface area (TPSA) is 92.5 Å². The molecule has 0 aliphatic carbocycles. The standard InChI is InChI=1S/C25H24BrFN2O6/c1-33-19-12-14(11-17(26)23(19)31)21-20-22(30)16-13-15(27)3-4-18(16)35-24(20)25(32)29(21)6-2-5-28-7-9-34-10-8-28/h3-4,11-13,21,31H,2,5-10H2,1H3. The molecule has 1 amide bonds. The highest BCUT2D eigenvalue weighted by Crippen LogP contribution is 2.43. The summed E-state index contributed by atoms with van der Waals surface area (Å²) in [6, 6.07) is 6.13. The Morgan fingerprint density at radius 3 is 2.69 bits per heavy atom. The molecule has 1 N–H and O–H groups in total. The summed E-state index contributed by atoms with van der Waals surface area (Å²) in [5.41, 5.74) is 0.409. The van der Waals surface area contributed by atoms with Crippen LogP contribution in [0.25, 0.3) is 11.0 Å². The van der Waals surface area contributed by atoms with Crippen molar-refractivity contribution in [2.24, 2.45) is 0 Å². The fourth-order valence-corrected chi connectivity index (χ4v) is 5.23. The second-order valence-electron chi connectivity index (χ2n) is 8.58. The minimum absolute atomic E-state index is 0.0476. The quantitative estimate of drug-likeness (QED) is 0.504. The maximum absolute atomic E-state index is 14.0. The van der Waals surface area contributed by atoms with Gasteiger partial charge in [0.25, 0.3) is 5.91 Å². The third-order valence-corrected chi connectivity index (χ3v) is 7.10. The Labute approximate surface area is 209 Å². The van der Waals surface area contributed by atoms with Crippen molar-refractivity contribution in [1.29, 1.82) is 0 Å². The van der Waals surface area contributed by atoms with Gasteiger partial charge in [-0.05, 0) is 58.2 Å². The largest absolute Gasteiger partial charge is 0.503 e. The molecule has 1 saturated heterocycles. The van der Waals surface area contributed by atoms with Gasteiger partial charge >= 0.3 is 0 Å². The predicted molar refractivity (Wildman–Crippen MR) is 130 cm³/mol. The van der Waals surface area contributed by atoms with Crippen LogP contribution in [0.15, 0.2) is 44.0 Å². The number of aromatic hydroxyl groups is 1. The average molecular weight is 547 g/mol. The second-order valence-corrected chi connectivity index (χ2v) is 9.43. The van der Waals surface area contributed by atoms with Crippen molar-refractivity contribution in [3.8, 4) is 11.5 Å². The van der Waals surface area contributed by atoms with Gasteiger partial charge in [0, 0.05) is 26.2 Å². The molecule has 0 bridgehead atoms. The summed E-state index contributed by atoms with van der Waals surface area (Å²) in [7, 11) is 1.42. The Kier molecular flexibility index (Phi) is 6.52. The molecule has 1 unspecified atom stereocenters. The highest BCUT2D eigenvalue weighted by atomic mass is 79.9. The van der Waals surface area contributed by atoms with Gasteiger partial charge < -0.3 is 23.9 Å². The van der Waals surface area contributed by atoms with Gasteiger partial charge in [0.05, 0.1) is 41.8 Å². The summed E-state index contributed by atoms with van der Waals surface area (Å²) in [6.07, 6.45) is 0.676. The first kappa shape index (κ1) is 23.8. The molecule has 1 fully saturated rings. The molecule has 35 heavy (non-hydrogen) atoms. The number of phenolic OH excluding ortho intramolecular Hbond substituents is 1. The van der Waals surface area contributed by atoms with Crippen molar-refractivity contribution in [1.82, 2.24) is 9.80 Å². The van der Waals surface area contributed by atoms with Crippen LogP contribution >= 0.6 is 15.9 Å². The second kappa shape index (κ2) is 9.60. The van der Waals surface area contributed by atoms with Crippen molar-refractivity contribution in [2.75, 3.05) is 46.5 Å². The Balaban J connectivity index is 1.59. The number of carbonyl (C=O) groups is 1. The molecule has 2 aliphatic heterocycles. The number of morpholine rings is 1. The van der Waals surface area contributed by atoms with Crippen LogP contribution in [0.3, 0.4) is 0 Å². The summed E-state index contributed by atoms with van der Waals surface area (Å²) in [6.45, 7) is 4.16. The molecular weight excluding hydrogens is 523 g/mol. The van der Waals surface area contributed by atoms with E-state index in [4.69, 9.17) is 13.9 Å². The number of carbonyl (C=O) groups excluding carboxylic acids is 1.